The van der Waals surface area contributed by atoms with Crippen molar-refractivity contribution in [3.63, 3.8) is 0 Å². The van der Waals surface area contributed by atoms with Gasteiger partial charge in [0.05, 0.1) is 11.5 Å². The summed E-state index contributed by atoms with van der Waals surface area (Å²) in [6.07, 6.45) is -0.0280. The first-order valence-electron chi connectivity index (χ1n) is 8.13. The molecule has 0 radical (unpaired) electrons. The molecule has 5 heteroatoms. The van der Waals surface area contributed by atoms with Crippen LogP contribution in [0.2, 0.25) is 0 Å². The summed E-state index contributed by atoms with van der Waals surface area (Å²) < 4.78 is 5.71. The van der Waals surface area contributed by atoms with Gasteiger partial charge in [-0.3, -0.25) is 4.79 Å². The first-order chi connectivity index (χ1) is 12.1. The second-order valence-corrected chi connectivity index (χ2v) is 6.15. The van der Waals surface area contributed by atoms with E-state index in [1.807, 2.05) is 24.3 Å². The Morgan fingerprint density at radius 1 is 1.12 bits per heavy atom. The molecule has 2 aromatic rings. The van der Waals surface area contributed by atoms with Gasteiger partial charge in [-0.25, -0.2) is 4.79 Å². The molecule has 5 nitrogen and oxygen atoms in total. The van der Waals surface area contributed by atoms with Gasteiger partial charge in [0.1, 0.15) is 12.4 Å². The van der Waals surface area contributed by atoms with E-state index in [-0.39, 0.29) is 5.91 Å². The number of hydrogen-bond donors (Lipinski definition) is 0. The molecule has 0 aliphatic carbocycles. The van der Waals surface area contributed by atoms with Crippen LogP contribution in [0.25, 0.3) is 0 Å². The average molecular weight is 337 g/mol. The van der Waals surface area contributed by atoms with Crippen molar-refractivity contribution in [2.75, 3.05) is 13.6 Å². The molecule has 3 atom stereocenters. The van der Waals surface area contributed by atoms with Crippen molar-refractivity contribution < 1.29 is 19.1 Å². The quantitative estimate of drug-likeness (QED) is 0.621. The molecule has 1 amide bonds. The summed E-state index contributed by atoms with van der Waals surface area (Å²) in [5.74, 6) is -1.92. The van der Waals surface area contributed by atoms with Crippen LogP contribution in [0.5, 0.6) is 0 Å². The van der Waals surface area contributed by atoms with Gasteiger partial charge in [-0.15, -0.1) is 0 Å². The van der Waals surface area contributed by atoms with Crippen LogP contribution in [0.4, 0.5) is 0 Å². The van der Waals surface area contributed by atoms with E-state index in [0.29, 0.717) is 17.7 Å². The van der Waals surface area contributed by atoms with Crippen LogP contribution >= 0.6 is 0 Å². The number of rotatable bonds is 5. The van der Waals surface area contributed by atoms with Gasteiger partial charge in [0.15, 0.2) is 0 Å². The predicted molar refractivity (Wildman–Crippen MR) is 91.7 cm³/mol. The number of carbonyl (C=O) groups excluding carboxylic acids is 3. The SMILES string of the molecule is CN1C[C@@H](C=O)[C@H]([C@H](OC(=O)c2ccccc2)c2ccccc2)C1=O. The number of amides is 1. The molecular weight excluding hydrogens is 318 g/mol. The largest absolute Gasteiger partial charge is 0.453 e. The van der Waals surface area contributed by atoms with Gasteiger partial charge >= 0.3 is 5.97 Å². The third-order valence-corrected chi connectivity index (χ3v) is 4.48. The maximum absolute atomic E-state index is 12.6. The molecule has 0 saturated carbocycles. The molecular formula is C20H19NO4. The lowest BCUT2D eigenvalue weighted by atomic mass is 9.87. The molecule has 0 unspecified atom stereocenters. The van der Waals surface area contributed by atoms with E-state index in [0.717, 1.165) is 6.29 Å². The van der Waals surface area contributed by atoms with Crippen molar-refractivity contribution >= 4 is 18.2 Å². The number of likely N-dealkylation sites (tertiary alicyclic amines) is 1. The van der Waals surface area contributed by atoms with Crippen LogP contribution in [-0.2, 0) is 14.3 Å². The lowest BCUT2D eigenvalue weighted by Crippen LogP contribution is -2.30. The average Bonchev–Trinajstić information content (AvgIpc) is 2.95. The minimum Gasteiger partial charge on any atom is -0.453 e. The molecule has 128 valence electrons. The Morgan fingerprint density at radius 2 is 1.72 bits per heavy atom. The topological polar surface area (TPSA) is 63.7 Å². The van der Waals surface area contributed by atoms with Crippen molar-refractivity contribution in [2.45, 2.75) is 6.10 Å². The minimum absolute atomic E-state index is 0.188. The summed E-state index contributed by atoms with van der Waals surface area (Å²) in [6.45, 7) is 0.333. The van der Waals surface area contributed by atoms with Crippen molar-refractivity contribution in [2.24, 2.45) is 11.8 Å². The Bertz CT molecular complexity index is 760. The van der Waals surface area contributed by atoms with E-state index < -0.39 is 23.9 Å². The Hall–Kier alpha value is -2.95. The molecule has 0 spiro atoms. The molecule has 25 heavy (non-hydrogen) atoms. The van der Waals surface area contributed by atoms with Gasteiger partial charge in [0.25, 0.3) is 0 Å². The van der Waals surface area contributed by atoms with Crippen LogP contribution < -0.4 is 0 Å². The predicted octanol–water partition coefficient (Wildman–Crippen LogP) is 2.49. The first-order valence-corrected chi connectivity index (χ1v) is 8.13. The summed E-state index contributed by atoms with van der Waals surface area (Å²) in [7, 11) is 1.65. The summed E-state index contributed by atoms with van der Waals surface area (Å²) >= 11 is 0. The Labute approximate surface area is 146 Å². The number of nitrogens with zero attached hydrogens (tertiary/aromatic N) is 1. The van der Waals surface area contributed by atoms with E-state index in [1.165, 1.54) is 4.90 Å². The van der Waals surface area contributed by atoms with E-state index in [1.54, 1.807) is 43.4 Å². The molecule has 1 heterocycles. The minimum atomic E-state index is -0.804. The third-order valence-electron chi connectivity index (χ3n) is 4.48. The number of esters is 1. The highest BCUT2D eigenvalue weighted by molar-refractivity contribution is 5.90. The molecule has 1 aliphatic heterocycles. The van der Waals surface area contributed by atoms with E-state index in [2.05, 4.69) is 0 Å². The van der Waals surface area contributed by atoms with E-state index >= 15 is 0 Å². The smallest absolute Gasteiger partial charge is 0.338 e. The standard InChI is InChI=1S/C20H19NO4/c1-21-12-16(13-22)17(19(21)23)18(14-8-4-2-5-9-14)25-20(24)15-10-6-3-7-11-15/h2-11,13,16-18H,12H2,1H3/t16-,17+,18+/m0/s1. The first kappa shape index (κ1) is 16.9. The number of ether oxygens (including phenoxy) is 1. The van der Waals surface area contributed by atoms with Crippen molar-refractivity contribution in [1.29, 1.82) is 0 Å². The van der Waals surface area contributed by atoms with Crippen LogP contribution in [0.1, 0.15) is 22.0 Å². The number of hydrogen-bond acceptors (Lipinski definition) is 4. The highest BCUT2D eigenvalue weighted by atomic mass is 16.5. The molecule has 1 fully saturated rings. The maximum atomic E-state index is 12.6. The Balaban J connectivity index is 1.95. The number of benzene rings is 2. The molecule has 3 rings (SSSR count). The highest BCUT2D eigenvalue weighted by Gasteiger charge is 2.45. The van der Waals surface area contributed by atoms with Crippen LogP contribution in [0.3, 0.4) is 0 Å². The Kier molecular flexibility index (Phi) is 4.93. The van der Waals surface area contributed by atoms with Crippen molar-refractivity contribution in [3.05, 3.63) is 71.8 Å². The zero-order chi connectivity index (χ0) is 17.8. The van der Waals surface area contributed by atoms with Gasteiger partial charge in [-0.1, -0.05) is 48.5 Å². The van der Waals surface area contributed by atoms with Gasteiger partial charge in [-0.05, 0) is 17.7 Å². The fourth-order valence-corrected chi connectivity index (χ4v) is 3.19. The number of aldehydes is 1. The highest BCUT2D eigenvalue weighted by Crippen LogP contribution is 2.37. The van der Waals surface area contributed by atoms with E-state index in [4.69, 9.17) is 4.74 Å². The molecule has 0 bridgehead atoms. The maximum Gasteiger partial charge on any atom is 0.338 e. The zero-order valence-corrected chi connectivity index (χ0v) is 13.9. The fraction of sp³-hybridized carbons (Fsp3) is 0.250. The van der Waals surface area contributed by atoms with Crippen LogP contribution in [0.15, 0.2) is 60.7 Å². The van der Waals surface area contributed by atoms with Gasteiger partial charge in [0, 0.05) is 19.5 Å². The molecule has 2 aromatic carbocycles. The fourth-order valence-electron chi connectivity index (χ4n) is 3.19. The van der Waals surface area contributed by atoms with Crippen molar-refractivity contribution in [1.82, 2.24) is 4.90 Å². The lowest BCUT2D eigenvalue weighted by molar-refractivity contribution is -0.134. The zero-order valence-electron chi connectivity index (χ0n) is 13.9. The summed E-state index contributed by atoms with van der Waals surface area (Å²) in [4.78, 5) is 38.1. The molecule has 1 saturated heterocycles. The van der Waals surface area contributed by atoms with Gasteiger partial charge < -0.3 is 14.4 Å². The van der Waals surface area contributed by atoms with Crippen LogP contribution in [0, 0.1) is 11.8 Å². The van der Waals surface area contributed by atoms with Crippen molar-refractivity contribution in [3.8, 4) is 0 Å². The Morgan fingerprint density at radius 3 is 2.32 bits per heavy atom. The lowest BCUT2D eigenvalue weighted by Gasteiger charge is -2.25. The summed E-state index contributed by atoms with van der Waals surface area (Å²) in [5.41, 5.74) is 1.11. The van der Waals surface area contributed by atoms with Crippen LogP contribution in [-0.4, -0.2) is 36.7 Å². The van der Waals surface area contributed by atoms with E-state index in [9.17, 15) is 14.4 Å². The number of carbonyl (C=O) groups is 3. The second kappa shape index (κ2) is 7.30. The monoisotopic (exact) mass is 337 g/mol. The third kappa shape index (κ3) is 3.45. The normalized spacial score (nSPS) is 21.0. The molecule has 0 aromatic heterocycles. The van der Waals surface area contributed by atoms with Gasteiger partial charge in [-0.2, -0.15) is 0 Å². The molecule has 0 N–H and O–H groups in total. The second-order valence-electron chi connectivity index (χ2n) is 6.15. The molecule has 1 aliphatic rings. The summed E-state index contributed by atoms with van der Waals surface area (Å²) in [5, 5.41) is 0. The van der Waals surface area contributed by atoms with Gasteiger partial charge in [0.2, 0.25) is 5.91 Å². The summed E-state index contributed by atoms with van der Waals surface area (Å²) in [6, 6.07) is 17.7.